The van der Waals surface area contributed by atoms with Crippen molar-refractivity contribution in [3.8, 4) is 0 Å². The fraction of sp³-hybridized carbons (Fsp3) is 0. The van der Waals surface area contributed by atoms with Crippen LogP contribution in [0.5, 0.6) is 0 Å². The molecule has 0 fully saturated rings. The van der Waals surface area contributed by atoms with Gasteiger partial charge in [-0.1, -0.05) is 36.4 Å². The predicted octanol–water partition coefficient (Wildman–Crippen LogP) is 4.27. The summed E-state index contributed by atoms with van der Waals surface area (Å²) in [7, 11) is 0. The monoisotopic (exact) mass is 260 g/mol. The highest BCUT2D eigenvalue weighted by molar-refractivity contribution is 6.08. The second-order valence-electron chi connectivity index (χ2n) is 4.61. The van der Waals surface area contributed by atoms with Crippen LogP contribution < -0.4 is 0 Å². The molecule has 3 nitrogen and oxygen atoms in total. The van der Waals surface area contributed by atoms with Crippen LogP contribution in [0.25, 0.3) is 21.8 Å². The predicted molar refractivity (Wildman–Crippen MR) is 81.1 cm³/mol. The number of aromatic nitrogens is 1. The van der Waals surface area contributed by atoms with Crippen molar-refractivity contribution in [3.05, 3.63) is 72.7 Å². The zero-order valence-corrected chi connectivity index (χ0v) is 10.7. The van der Waals surface area contributed by atoms with E-state index in [2.05, 4.69) is 41.5 Å². The number of furan rings is 1. The molecule has 2 aromatic carbocycles. The molecule has 0 N–H and O–H groups in total. The molecule has 0 bridgehead atoms. The molecular formula is C17H12N2O. The largest absolute Gasteiger partial charge is 0.463 e. The Bertz CT molecular complexity index is 848. The van der Waals surface area contributed by atoms with Gasteiger partial charge in [-0.15, -0.1) is 0 Å². The highest BCUT2D eigenvalue weighted by Crippen LogP contribution is 2.28. The van der Waals surface area contributed by atoms with Crippen LogP contribution in [0.3, 0.4) is 0 Å². The van der Waals surface area contributed by atoms with Crippen LogP contribution in [0, 0.1) is 0 Å². The van der Waals surface area contributed by atoms with Gasteiger partial charge in [-0.2, -0.15) is 5.10 Å². The van der Waals surface area contributed by atoms with Gasteiger partial charge in [0.1, 0.15) is 5.76 Å². The van der Waals surface area contributed by atoms with E-state index >= 15 is 0 Å². The quantitative estimate of drug-likeness (QED) is 0.495. The van der Waals surface area contributed by atoms with E-state index in [1.54, 1.807) is 12.5 Å². The van der Waals surface area contributed by atoms with Gasteiger partial charge in [0.2, 0.25) is 0 Å². The molecule has 0 saturated carbocycles. The molecule has 96 valence electrons. The van der Waals surface area contributed by atoms with Crippen molar-refractivity contribution < 1.29 is 4.42 Å². The first-order valence-electron chi connectivity index (χ1n) is 6.49. The van der Waals surface area contributed by atoms with Crippen LogP contribution in [-0.4, -0.2) is 10.9 Å². The Morgan fingerprint density at radius 3 is 2.05 bits per heavy atom. The van der Waals surface area contributed by atoms with Crippen molar-refractivity contribution in [1.29, 1.82) is 0 Å². The maximum absolute atomic E-state index is 5.29. The average Bonchev–Trinajstić information content (AvgIpc) is 3.11. The molecule has 20 heavy (non-hydrogen) atoms. The highest BCUT2D eigenvalue weighted by atomic mass is 16.3. The summed E-state index contributed by atoms with van der Waals surface area (Å²) < 4.78 is 7.24. The van der Waals surface area contributed by atoms with Gasteiger partial charge >= 0.3 is 0 Å². The molecule has 0 unspecified atom stereocenters. The minimum absolute atomic E-state index is 0.742. The van der Waals surface area contributed by atoms with Gasteiger partial charge in [0, 0.05) is 10.8 Å². The van der Waals surface area contributed by atoms with Crippen molar-refractivity contribution in [1.82, 2.24) is 4.68 Å². The maximum atomic E-state index is 5.29. The summed E-state index contributed by atoms with van der Waals surface area (Å²) in [6.45, 7) is 0. The topological polar surface area (TPSA) is 30.4 Å². The van der Waals surface area contributed by atoms with Crippen LogP contribution in [0.2, 0.25) is 0 Å². The van der Waals surface area contributed by atoms with Crippen molar-refractivity contribution in [2.75, 3.05) is 0 Å². The van der Waals surface area contributed by atoms with Crippen LogP contribution >= 0.6 is 0 Å². The normalized spacial score (nSPS) is 11.8. The van der Waals surface area contributed by atoms with Crippen molar-refractivity contribution >= 4 is 28.0 Å². The molecular weight excluding hydrogens is 248 g/mol. The zero-order chi connectivity index (χ0) is 13.4. The van der Waals surface area contributed by atoms with E-state index in [-0.39, 0.29) is 0 Å². The van der Waals surface area contributed by atoms with Gasteiger partial charge in [0.05, 0.1) is 23.5 Å². The van der Waals surface area contributed by atoms with Crippen LogP contribution in [0.4, 0.5) is 0 Å². The second-order valence-corrected chi connectivity index (χ2v) is 4.61. The number of rotatable bonds is 2. The molecule has 0 amide bonds. The lowest BCUT2D eigenvalue weighted by molar-refractivity contribution is 0.559. The lowest BCUT2D eigenvalue weighted by Gasteiger charge is -1.98. The van der Waals surface area contributed by atoms with E-state index in [1.807, 2.05) is 28.9 Å². The molecule has 4 aromatic rings. The lowest BCUT2D eigenvalue weighted by Crippen LogP contribution is -1.89. The van der Waals surface area contributed by atoms with E-state index in [4.69, 9.17) is 4.42 Å². The van der Waals surface area contributed by atoms with E-state index < -0.39 is 0 Å². The van der Waals surface area contributed by atoms with E-state index in [0.29, 0.717) is 0 Å². The lowest BCUT2D eigenvalue weighted by atomic mass is 10.2. The molecule has 0 radical (unpaired) electrons. The summed E-state index contributed by atoms with van der Waals surface area (Å²) in [6.07, 6.45) is 3.38. The van der Waals surface area contributed by atoms with Gasteiger partial charge in [0.15, 0.2) is 0 Å². The first kappa shape index (κ1) is 11.1. The fourth-order valence-electron chi connectivity index (χ4n) is 2.51. The molecule has 0 spiro atoms. The third-order valence-electron chi connectivity index (χ3n) is 3.40. The number of para-hydroxylation sites is 2. The molecule has 0 atom stereocenters. The summed E-state index contributed by atoms with van der Waals surface area (Å²) in [5.41, 5.74) is 2.19. The fourth-order valence-corrected chi connectivity index (χ4v) is 2.51. The summed E-state index contributed by atoms with van der Waals surface area (Å²) in [4.78, 5) is 0. The van der Waals surface area contributed by atoms with Gasteiger partial charge < -0.3 is 4.42 Å². The second kappa shape index (κ2) is 4.38. The summed E-state index contributed by atoms with van der Waals surface area (Å²) >= 11 is 0. The Labute approximate surface area is 115 Å². The molecule has 4 rings (SSSR count). The number of fused-ring (bicyclic) bond motifs is 3. The third kappa shape index (κ3) is 1.64. The molecule has 2 aromatic heterocycles. The smallest absolute Gasteiger partial charge is 0.146 e. The maximum Gasteiger partial charge on any atom is 0.146 e. The highest BCUT2D eigenvalue weighted by Gasteiger charge is 2.08. The van der Waals surface area contributed by atoms with Gasteiger partial charge in [-0.05, 0) is 24.3 Å². The van der Waals surface area contributed by atoms with E-state index in [0.717, 1.165) is 16.8 Å². The van der Waals surface area contributed by atoms with Crippen molar-refractivity contribution in [2.45, 2.75) is 0 Å². The first-order valence-corrected chi connectivity index (χ1v) is 6.49. The molecule has 2 heterocycles. The summed E-state index contributed by atoms with van der Waals surface area (Å²) in [5, 5.41) is 6.98. The number of hydrogen-bond acceptors (Lipinski definition) is 2. The van der Waals surface area contributed by atoms with Gasteiger partial charge in [-0.3, -0.25) is 0 Å². The van der Waals surface area contributed by atoms with E-state index in [1.165, 1.54) is 10.8 Å². The van der Waals surface area contributed by atoms with Gasteiger partial charge in [-0.25, -0.2) is 4.68 Å². The van der Waals surface area contributed by atoms with Crippen molar-refractivity contribution in [2.24, 2.45) is 5.10 Å². The Morgan fingerprint density at radius 1 is 0.800 bits per heavy atom. The van der Waals surface area contributed by atoms with Gasteiger partial charge in [0.25, 0.3) is 0 Å². The average molecular weight is 260 g/mol. The Balaban J connectivity index is 2.00. The molecule has 0 aliphatic rings. The standard InChI is InChI=1S/C17H12N2O/c1-3-9-16-14(7-1)15-8-2-4-10-17(15)19(16)18-12-13-6-5-11-20-13/h1-12H. The van der Waals surface area contributed by atoms with Crippen LogP contribution in [0.15, 0.2) is 76.4 Å². The Morgan fingerprint density at radius 2 is 1.45 bits per heavy atom. The zero-order valence-electron chi connectivity index (χ0n) is 10.7. The number of benzene rings is 2. The minimum Gasteiger partial charge on any atom is -0.463 e. The third-order valence-corrected chi connectivity index (χ3v) is 3.40. The van der Waals surface area contributed by atoms with Crippen LogP contribution in [0.1, 0.15) is 5.76 Å². The molecule has 0 aliphatic heterocycles. The minimum atomic E-state index is 0.742. The molecule has 3 heteroatoms. The van der Waals surface area contributed by atoms with E-state index in [9.17, 15) is 0 Å². The van der Waals surface area contributed by atoms with Crippen molar-refractivity contribution in [3.63, 3.8) is 0 Å². The Kier molecular flexibility index (Phi) is 2.42. The Hall–Kier alpha value is -2.81. The molecule has 0 saturated heterocycles. The summed E-state index contributed by atoms with van der Waals surface area (Å²) in [6, 6.07) is 20.3. The SMILES string of the molecule is C(=Nn1c2ccccc2c2ccccc21)c1ccco1. The van der Waals surface area contributed by atoms with Crippen LogP contribution in [-0.2, 0) is 0 Å². The summed E-state index contributed by atoms with van der Waals surface area (Å²) in [5.74, 6) is 0.742. The first-order chi connectivity index (χ1) is 9.93. The molecule has 0 aliphatic carbocycles. The number of hydrogen-bond donors (Lipinski definition) is 0. The number of nitrogens with zero attached hydrogens (tertiary/aromatic N) is 2.